The van der Waals surface area contributed by atoms with Gasteiger partial charge in [-0.25, -0.2) is 0 Å². The molecule has 0 aromatic heterocycles. The Kier molecular flexibility index (Phi) is 2.12. The van der Waals surface area contributed by atoms with Gasteiger partial charge in [-0.1, -0.05) is 20.3 Å². The first kappa shape index (κ1) is 7.07. The van der Waals surface area contributed by atoms with Gasteiger partial charge in [0.1, 0.15) is 0 Å². The van der Waals surface area contributed by atoms with Crippen molar-refractivity contribution >= 4 is 0 Å². The number of rotatable bonds is 2. The molecule has 0 aliphatic carbocycles. The van der Waals surface area contributed by atoms with Crippen LogP contribution in [0.15, 0.2) is 0 Å². The average Bonchev–Trinajstić information content (AvgIpc) is 2.16. The molecule has 1 atom stereocenters. The Morgan fingerprint density at radius 1 is 1.56 bits per heavy atom. The minimum absolute atomic E-state index is 0.523. The second-order valence-electron chi connectivity index (χ2n) is 3.36. The molecule has 1 fully saturated rings. The topological polar surface area (TPSA) is 9.23 Å². The lowest BCUT2D eigenvalue weighted by Gasteiger charge is -2.19. The molecular weight excluding hydrogens is 112 g/mol. The quantitative estimate of drug-likeness (QED) is 0.554. The number of hydrogen-bond acceptors (Lipinski definition) is 1. The maximum Gasteiger partial charge on any atom is 0.0520 e. The van der Waals surface area contributed by atoms with E-state index in [1.807, 2.05) is 0 Å². The second kappa shape index (κ2) is 2.70. The summed E-state index contributed by atoms with van der Waals surface area (Å²) in [5, 5.41) is 0. The van der Waals surface area contributed by atoms with Crippen LogP contribution in [0.2, 0.25) is 0 Å². The molecule has 1 saturated heterocycles. The van der Waals surface area contributed by atoms with Crippen LogP contribution < -0.4 is 0 Å². The van der Waals surface area contributed by atoms with Crippen molar-refractivity contribution in [1.82, 2.24) is 0 Å². The third-order valence-corrected chi connectivity index (χ3v) is 2.15. The summed E-state index contributed by atoms with van der Waals surface area (Å²) in [6, 6.07) is 0. The Labute approximate surface area is 57.4 Å². The fraction of sp³-hybridized carbons (Fsp3) is 1.00. The van der Waals surface area contributed by atoms with Crippen molar-refractivity contribution in [3.8, 4) is 0 Å². The van der Waals surface area contributed by atoms with Crippen molar-refractivity contribution in [2.24, 2.45) is 5.41 Å². The summed E-state index contributed by atoms with van der Waals surface area (Å²) >= 11 is 0. The highest BCUT2D eigenvalue weighted by Gasteiger charge is 2.27. The van der Waals surface area contributed by atoms with Crippen LogP contribution in [0.1, 0.15) is 33.1 Å². The summed E-state index contributed by atoms with van der Waals surface area (Å²) in [4.78, 5) is 0. The van der Waals surface area contributed by atoms with E-state index in [-0.39, 0.29) is 0 Å². The minimum Gasteiger partial charge on any atom is -0.381 e. The number of ether oxygens (including phenoxy) is 1. The average molecular weight is 128 g/mol. The van der Waals surface area contributed by atoms with E-state index in [1.165, 1.54) is 19.3 Å². The molecular formula is C8H16O. The SMILES string of the molecule is CCCC1(C)CCOC1. The predicted octanol–water partition coefficient (Wildman–Crippen LogP) is 2.21. The van der Waals surface area contributed by atoms with Gasteiger partial charge >= 0.3 is 0 Å². The fourth-order valence-corrected chi connectivity index (χ4v) is 1.51. The van der Waals surface area contributed by atoms with Crippen LogP contribution in [-0.2, 0) is 4.74 Å². The second-order valence-corrected chi connectivity index (χ2v) is 3.36. The standard InChI is InChI=1S/C8H16O/c1-3-4-8(2)5-6-9-7-8/h3-7H2,1-2H3. The zero-order chi connectivity index (χ0) is 6.74. The predicted molar refractivity (Wildman–Crippen MR) is 38.5 cm³/mol. The zero-order valence-electron chi connectivity index (χ0n) is 6.44. The van der Waals surface area contributed by atoms with Gasteiger partial charge in [0.25, 0.3) is 0 Å². The monoisotopic (exact) mass is 128 g/mol. The van der Waals surface area contributed by atoms with Crippen molar-refractivity contribution in [2.45, 2.75) is 33.1 Å². The summed E-state index contributed by atoms with van der Waals surface area (Å²) in [7, 11) is 0. The van der Waals surface area contributed by atoms with E-state index in [0.717, 1.165) is 13.2 Å². The van der Waals surface area contributed by atoms with E-state index < -0.39 is 0 Å². The van der Waals surface area contributed by atoms with Gasteiger partial charge in [0.2, 0.25) is 0 Å². The highest BCUT2D eigenvalue weighted by molar-refractivity contribution is 4.77. The molecule has 54 valence electrons. The van der Waals surface area contributed by atoms with Gasteiger partial charge in [0.15, 0.2) is 0 Å². The first-order chi connectivity index (χ1) is 4.27. The molecule has 1 heterocycles. The Hall–Kier alpha value is -0.0400. The first-order valence-electron chi connectivity index (χ1n) is 3.85. The van der Waals surface area contributed by atoms with Gasteiger partial charge in [0, 0.05) is 6.61 Å². The smallest absolute Gasteiger partial charge is 0.0520 e. The molecule has 0 radical (unpaired) electrons. The fourth-order valence-electron chi connectivity index (χ4n) is 1.51. The molecule has 0 aromatic rings. The molecule has 0 aromatic carbocycles. The van der Waals surface area contributed by atoms with Crippen molar-refractivity contribution in [3.63, 3.8) is 0 Å². The molecule has 0 bridgehead atoms. The van der Waals surface area contributed by atoms with Crippen molar-refractivity contribution in [1.29, 1.82) is 0 Å². The van der Waals surface area contributed by atoms with Crippen LogP contribution in [0.5, 0.6) is 0 Å². The Balaban J connectivity index is 2.32. The van der Waals surface area contributed by atoms with Crippen molar-refractivity contribution in [2.75, 3.05) is 13.2 Å². The van der Waals surface area contributed by atoms with Gasteiger partial charge in [-0.05, 0) is 18.3 Å². The van der Waals surface area contributed by atoms with E-state index in [9.17, 15) is 0 Å². The maximum atomic E-state index is 5.31. The van der Waals surface area contributed by atoms with Crippen LogP contribution in [0.3, 0.4) is 0 Å². The van der Waals surface area contributed by atoms with E-state index in [2.05, 4.69) is 13.8 Å². The van der Waals surface area contributed by atoms with Gasteiger partial charge in [-0.2, -0.15) is 0 Å². The molecule has 1 heteroatoms. The lowest BCUT2D eigenvalue weighted by molar-refractivity contribution is 0.154. The Morgan fingerprint density at radius 3 is 2.78 bits per heavy atom. The third kappa shape index (κ3) is 1.68. The third-order valence-electron chi connectivity index (χ3n) is 2.15. The molecule has 1 rings (SSSR count). The van der Waals surface area contributed by atoms with Gasteiger partial charge in [-0.3, -0.25) is 0 Å². The van der Waals surface area contributed by atoms with Crippen molar-refractivity contribution < 1.29 is 4.74 Å². The lowest BCUT2D eigenvalue weighted by atomic mass is 9.85. The zero-order valence-corrected chi connectivity index (χ0v) is 6.44. The molecule has 1 nitrogen and oxygen atoms in total. The van der Waals surface area contributed by atoms with Crippen LogP contribution in [-0.4, -0.2) is 13.2 Å². The molecule has 0 spiro atoms. The van der Waals surface area contributed by atoms with E-state index in [1.54, 1.807) is 0 Å². The Bertz CT molecular complexity index is 82.6. The van der Waals surface area contributed by atoms with Gasteiger partial charge < -0.3 is 4.74 Å². The molecule has 1 unspecified atom stereocenters. The van der Waals surface area contributed by atoms with Crippen LogP contribution >= 0.6 is 0 Å². The van der Waals surface area contributed by atoms with Crippen LogP contribution in [0, 0.1) is 5.41 Å². The van der Waals surface area contributed by atoms with E-state index in [4.69, 9.17) is 4.74 Å². The molecule has 1 aliphatic heterocycles. The van der Waals surface area contributed by atoms with Crippen molar-refractivity contribution in [3.05, 3.63) is 0 Å². The molecule has 1 aliphatic rings. The number of hydrogen-bond donors (Lipinski definition) is 0. The normalized spacial score (nSPS) is 35.3. The summed E-state index contributed by atoms with van der Waals surface area (Å²) in [5.74, 6) is 0. The molecule has 0 N–H and O–H groups in total. The van der Waals surface area contributed by atoms with E-state index in [0.29, 0.717) is 5.41 Å². The first-order valence-corrected chi connectivity index (χ1v) is 3.85. The van der Waals surface area contributed by atoms with Crippen LogP contribution in [0.25, 0.3) is 0 Å². The molecule has 0 amide bonds. The van der Waals surface area contributed by atoms with Gasteiger partial charge in [0.05, 0.1) is 6.61 Å². The highest BCUT2D eigenvalue weighted by Crippen LogP contribution is 2.32. The lowest BCUT2D eigenvalue weighted by Crippen LogP contribution is -2.14. The largest absolute Gasteiger partial charge is 0.381 e. The summed E-state index contributed by atoms with van der Waals surface area (Å²) in [6.45, 7) is 6.53. The summed E-state index contributed by atoms with van der Waals surface area (Å²) in [6.07, 6.45) is 3.88. The van der Waals surface area contributed by atoms with Gasteiger partial charge in [-0.15, -0.1) is 0 Å². The molecule has 9 heavy (non-hydrogen) atoms. The Morgan fingerprint density at radius 2 is 2.33 bits per heavy atom. The van der Waals surface area contributed by atoms with Crippen LogP contribution in [0.4, 0.5) is 0 Å². The summed E-state index contributed by atoms with van der Waals surface area (Å²) < 4.78 is 5.31. The minimum atomic E-state index is 0.523. The maximum absolute atomic E-state index is 5.31. The highest BCUT2D eigenvalue weighted by atomic mass is 16.5. The summed E-state index contributed by atoms with van der Waals surface area (Å²) in [5.41, 5.74) is 0.523. The molecule has 0 saturated carbocycles. The van der Waals surface area contributed by atoms with E-state index >= 15 is 0 Å².